The molecule has 5 heteroatoms. The van der Waals surface area contributed by atoms with Crippen molar-refractivity contribution in [2.24, 2.45) is 0 Å². The van der Waals surface area contributed by atoms with E-state index in [1.54, 1.807) is 17.0 Å². The predicted octanol–water partition coefficient (Wildman–Crippen LogP) is 3.58. The molecule has 0 saturated carbocycles. The molecule has 2 rings (SSSR count). The topological polar surface area (TPSA) is 32.3 Å². The average molecular weight is 357 g/mol. The molecule has 1 aliphatic heterocycles. The number of hydrogen-bond acceptors (Lipinski definition) is 2. The molecule has 1 heterocycles. The fourth-order valence-electron chi connectivity index (χ4n) is 2.69. The highest BCUT2D eigenvalue weighted by Crippen LogP contribution is 2.23. The minimum atomic E-state index is -0.475. The number of halogens is 2. The molecule has 0 aliphatic carbocycles. The third kappa shape index (κ3) is 4.04. The van der Waals surface area contributed by atoms with Gasteiger partial charge in [-0.05, 0) is 61.3 Å². The van der Waals surface area contributed by atoms with Crippen molar-refractivity contribution in [2.45, 2.75) is 45.2 Å². The highest BCUT2D eigenvalue weighted by atomic mass is 79.9. The summed E-state index contributed by atoms with van der Waals surface area (Å²) in [6.07, 6.45) is 3.43. The van der Waals surface area contributed by atoms with Crippen LogP contribution in [0.3, 0.4) is 0 Å². The first-order chi connectivity index (χ1) is 10.0. The maximum Gasteiger partial charge on any atom is 0.258 e. The Bertz CT molecular complexity index is 481. The molecular formula is C16H22BrFN2O. The van der Waals surface area contributed by atoms with Gasteiger partial charge >= 0.3 is 0 Å². The summed E-state index contributed by atoms with van der Waals surface area (Å²) < 4.78 is 14.5. The lowest BCUT2D eigenvalue weighted by Gasteiger charge is -2.33. The van der Waals surface area contributed by atoms with Gasteiger partial charge in [-0.2, -0.15) is 0 Å². The Morgan fingerprint density at radius 1 is 1.48 bits per heavy atom. The van der Waals surface area contributed by atoms with Gasteiger partial charge in [-0.1, -0.05) is 12.5 Å². The summed E-state index contributed by atoms with van der Waals surface area (Å²) in [6.45, 7) is 5.55. The number of nitrogens with one attached hydrogen (secondary N) is 1. The molecule has 1 saturated heterocycles. The van der Waals surface area contributed by atoms with Gasteiger partial charge in [0.1, 0.15) is 5.82 Å². The predicted molar refractivity (Wildman–Crippen MR) is 85.9 cm³/mol. The zero-order chi connectivity index (χ0) is 15.4. The molecule has 1 N–H and O–H groups in total. The van der Waals surface area contributed by atoms with E-state index in [9.17, 15) is 9.18 Å². The molecule has 1 aliphatic rings. The van der Waals surface area contributed by atoms with Crippen LogP contribution in [0.2, 0.25) is 0 Å². The van der Waals surface area contributed by atoms with E-state index in [1.165, 1.54) is 18.9 Å². The van der Waals surface area contributed by atoms with Crippen molar-refractivity contribution < 1.29 is 9.18 Å². The zero-order valence-electron chi connectivity index (χ0n) is 12.5. The first-order valence-corrected chi connectivity index (χ1v) is 8.28. The SMILES string of the molecule is CC(C)N(CC1CCCCN1)C(=O)c1c(F)cccc1Br. The van der Waals surface area contributed by atoms with Crippen LogP contribution in [0.1, 0.15) is 43.5 Å². The normalized spacial score (nSPS) is 18.8. The third-order valence-corrected chi connectivity index (χ3v) is 4.55. The quantitative estimate of drug-likeness (QED) is 0.893. The number of piperidine rings is 1. The Kier molecular flexibility index (Phi) is 5.76. The van der Waals surface area contributed by atoms with E-state index in [4.69, 9.17) is 0 Å². The van der Waals surface area contributed by atoms with Crippen LogP contribution in [0.4, 0.5) is 4.39 Å². The van der Waals surface area contributed by atoms with Crippen LogP contribution in [0.25, 0.3) is 0 Å². The first kappa shape index (κ1) is 16.4. The molecule has 1 aromatic rings. The van der Waals surface area contributed by atoms with Gasteiger partial charge in [0.05, 0.1) is 5.56 Å². The number of rotatable bonds is 4. The molecule has 0 aromatic heterocycles. The lowest BCUT2D eigenvalue weighted by atomic mass is 10.0. The number of amides is 1. The van der Waals surface area contributed by atoms with E-state index >= 15 is 0 Å². The maximum atomic E-state index is 14.0. The van der Waals surface area contributed by atoms with Crippen LogP contribution in [-0.2, 0) is 0 Å². The monoisotopic (exact) mass is 356 g/mol. The van der Waals surface area contributed by atoms with Crippen LogP contribution in [0.15, 0.2) is 22.7 Å². The standard InChI is InChI=1S/C16H22BrFN2O/c1-11(2)20(10-12-6-3-4-9-19-12)16(21)15-13(17)7-5-8-14(15)18/h5,7-8,11-12,19H,3-4,6,9-10H2,1-2H3. The second-order valence-electron chi connectivity index (χ2n) is 5.79. The minimum Gasteiger partial charge on any atom is -0.335 e. The van der Waals surface area contributed by atoms with Gasteiger partial charge in [0, 0.05) is 23.1 Å². The molecule has 0 spiro atoms. The van der Waals surface area contributed by atoms with Gasteiger partial charge in [-0.25, -0.2) is 4.39 Å². The van der Waals surface area contributed by atoms with Crippen LogP contribution in [-0.4, -0.2) is 36.0 Å². The van der Waals surface area contributed by atoms with Crippen molar-refractivity contribution in [3.63, 3.8) is 0 Å². The van der Waals surface area contributed by atoms with Crippen molar-refractivity contribution in [3.8, 4) is 0 Å². The third-order valence-electron chi connectivity index (χ3n) is 3.89. The van der Waals surface area contributed by atoms with Gasteiger partial charge in [-0.15, -0.1) is 0 Å². The summed E-state index contributed by atoms with van der Waals surface area (Å²) >= 11 is 3.29. The highest BCUT2D eigenvalue weighted by Gasteiger charge is 2.26. The Morgan fingerprint density at radius 3 is 2.81 bits per heavy atom. The lowest BCUT2D eigenvalue weighted by Crippen LogP contribution is -2.48. The number of nitrogens with zero attached hydrogens (tertiary/aromatic N) is 1. The van der Waals surface area contributed by atoms with E-state index in [0.717, 1.165) is 13.0 Å². The molecule has 1 atom stereocenters. The molecule has 1 fully saturated rings. The summed E-state index contributed by atoms with van der Waals surface area (Å²) in [4.78, 5) is 14.5. The summed E-state index contributed by atoms with van der Waals surface area (Å²) in [5, 5.41) is 3.44. The molecule has 0 radical (unpaired) electrons. The molecular weight excluding hydrogens is 335 g/mol. The average Bonchev–Trinajstić information content (AvgIpc) is 2.45. The number of carbonyl (C=O) groups is 1. The molecule has 1 aromatic carbocycles. The van der Waals surface area contributed by atoms with E-state index in [2.05, 4.69) is 21.2 Å². The molecule has 0 bridgehead atoms. The summed E-state index contributed by atoms with van der Waals surface area (Å²) in [7, 11) is 0. The molecule has 21 heavy (non-hydrogen) atoms. The van der Waals surface area contributed by atoms with Crippen molar-refractivity contribution >= 4 is 21.8 Å². The van der Waals surface area contributed by atoms with Gasteiger partial charge in [-0.3, -0.25) is 4.79 Å². The van der Waals surface area contributed by atoms with Crippen molar-refractivity contribution in [1.82, 2.24) is 10.2 Å². The van der Waals surface area contributed by atoms with Gasteiger partial charge in [0.2, 0.25) is 0 Å². The van der Waals surface area contributed by atoms with Crippen LogP contribution >= 0.6 is 15.9 Å². The van der Waals surface area contributed by atoms with Gasteiger partial charge < -0.3 is 10.2 Å². The Balaban J connectivity index is 2.19. The minimum absolute atomic E-state index is 0.0349. The van der Waals surface area contributed by atoms with E-state index < -0.39 is 5.82 Å². The Morgan fingerprint density at radius 2 is 2.24 bits per heavy atom. The first-order valence-electron chi connectivity index (χ1n) is 7.49. The Hall–Kier alpha value is -0.940. The van der Waals surface area contributed by atoms with Gasteiger partial charge in [0.25, 0.3) is 5.91 Å². The fraction of sp³-hybridized carbons (Fsp3) is 0.562. The second kappa shape index (κ2) is 7.36. The maximum absolute atomic E-state index is 14.0. The van der Waals surface area contributed by atoms with Crippen molar-refractivity contribution in [3.05, 3.63) is 34.1 Å². The van der Waals surface area contributed by atoms with Crippen LogP contribution < -0.4 is 5.32 Å². The second-order valence-corrected chi connectivity index (χ2v) is 6.65. The van der Waals surface area contributed by atoms with Crippen LogP contribution in [0.5, 0.6) is 0 Å². The smallest absolute Gasteiger partial charge is 0.258 e. The van der Waals surface area contributed by atoms with E-state index in [1.807, 2.05) is 13.8 Å². The molecule has 3 nitrogen and oxygen atoms in total. The summed E-state index contributed by atoms with van der Waals surface area (Å²) in [5.41, 5.74) is 0.127. The van der Waals surface area contributed by atoms with Crippen molar-refractivity contribution in [1.29, 1.82) is 0 Å². The fourth-order valence-corrected chi connectivity index (χ4v) is 3.20. The van der Waals surface area contributed by atoms with Crippen molar-refractivity contribution in [2.75, 3.05) is 13.1 Å². The summed E-state index contributed by atoms with van der Waals surface area (Å²) in [5.74, 6) is -0.723. The van der Waals surface area contributed by atoms with Crippen LogP contribution in [0, 0.1) is 5.82 Å². The molecule has 116 valence electrons. The highest BCUT2D eigenvalue weighted by molar-refractivity contribution is 9.10. The number of hydrogen-bond donors (Lipinski definition) is 1. The zero-order valence-corrected chi connectivity index (χ0v) is 14.1. The van der Waals surface area contributed by atoms with Gasteiger partial charge in [0.15, 0.2) is 0 Å². The number of benzene rings is 1. The largest absolute Gasteiger partial charge is 0.335 e. The summed E-state index contributed by atoms with van der Waals surface area (Å²) in [6, 6.07) is 4.96. The number of carbonyl (C=O) groups excluding carboxylic acids is 1. The molecule has 1 amide bonds. The van der Waals surface area contributed by atoms with E-state index in [-0.39, 0.29) is 17.5 Å². The van der Waals surface area contributed by atoms with E-state index in [0.29, 0.717) is 17.1 Å². The lowest BCUT2D eigenvalue weighted by molar-refractivity contribution is 0.0671. The Labute approximate surface area is 134 Å². The molecule has 1 unspecified atom stereocenters.